The average Bonchev–Trinajstić information content (AvgIpc) is 2.42. The molecule has 0 bridgehead atoms. The summed E-state index contributed by atoms with van der Waals surface area (Å²) in [5.74, 6) is 0.184. The van der Waals surface area contributed by atoms with Gasteiger partial charge in [0.25, 0.3) is 0 Å². The fraction of sp³-hybridized carbons (Fsp3) is 0.200. The summed E-state index contributed by atoms with van der Waals surface area (Å²) in [6.45, 7) is 0. The van der Waals surface area contributed by atoms with Crippen molar-refractivity contribution >= 4 is 27.5 Å². The minimum atomic E-state index is -0.695. The van der Waals surface area contributed by atoms with Crippen LogP contribution >= 0.6 is 27.5 Å². The van der Waals surface area contributed by atoms with Gasteiger partial charge in [0.05, 0.1) is 6.10 Å². The van der Waals surface area contributed by atoms with E-state index in [1.165, 1.54) is 18.2 Å². The number of aliphatic hydroxyl groups excluding tert-OH is 1. The summed E-state index contributed by atoms with van der Waals surface area (Å²) in [6.07, 6.45) is -0.947. The topological polar surface area (TPSA) is 29.5 Å². The van der Waals surface area contributed by atoms with Gasteiger partial charge in [0, 0.05) is 27.0 Å². The van der Waals surface area contributed by atoms with E-state index >= 15 is 0 Å². The lowest BCUT2D eigenvalue weighted by molar-refractivity contribution is 0.0639. The summed E-state index contributed by atoms with van der Waals surface area (Å²) >= 11 is 9.26. The van der Waals surface area contributed by atoms with Crippen LogP contribution in [-0.2, 0) is 0 Å². The Morgan fingerprint density at radius 1 is 1.20 bits per heavy atom. The first-order valence-corrected chi connectivity index (χ1v) is 7.31. The average molecular weight is 358 g/mol. The number of benzene rings is 2. The maximum atomic E-state index is 13.9. The molecule has 2 atom stereocenters. The zero-order valence-corrected chi connectivity index (χ0v) is 12.7. The normalized spacial score (nSPS) is 21.2. The van der Waals surface area contributed by atoms with Crippen LogP contribution in [0.15, 0.2) is 40.9 Å². The zero-order valence-electron chi connectivity index (χ0n) is 10.3. The highest BCUT2D eigenvalue weighted by Gasteiger charge is 2.29. The van der Waals surface area contributed by atoms with Crippen molar-refractivity contribution in [2.24, 2.45) is 0 Å². The van der Waals surface area contributed by atoms with Gasteiger partial charge in [-0.1, -0.05) is 27.5 Å². The van der Waals surface area contributed by atoms with Gasteiger partial charge in [-0.2, -0.15) is 0 Å². The summed E-state index contributed by atoms with van der Waals surface area (Å²) in [5.41, 5.74) is 1.07. The Hall–Kier alpha value is -1.10. The predicted molar refractivity (Wildman–Crippen MR) is 78.5 cm³/mol. The van der Waals surface area contributed by atoms with Crippen LogP contribution in [0.2, 0.25) is 5.02 Å². The summed E-state index contributed by atoms with van der Waals surface area (Å²) in [4.78, 5) is 0. The Bertz CT molecular complexity index is 662. The minimum absolute atomic E-state index is 0.292. The molecule has 2 aromatic rings. The summed E-state index contributed by atoms with van der Waals surface area (Å²) in [7, 11) is 0. The van der Waals surface area contributed by atoms with E-state index < -0.39 is 12.2 Å². The molecule has 0 aliphatic carbocycles. The quantitative estimate of drug-likeness (QED) is 0.794. The third-order valence-electron chi connectivity index (χ3n) is 3.34. The summed E-state index contributed by atoms with van der Waals surface area (Å²) in [6, 6.07) is 9.73. The molecule has 0 radical (unpaired) electrons. The molecule has 5 heteroatoms. The van der Waals surface area contributed by atoms with Crippen LogP contribution in [0, 0.1) is 5.82 Å². The van der Waals surface area contributed by atoms with Crippen LogP contribution in [0.4, 0.5) is 4.39 Å². The number of hydrogen-bond donors (Lipinski definition) is 1. The largest absolute Gasteiger partial charge is 0.485 e. The number of halogens is 3. The lowest BCUT2D eigenvalue weighted by atomic mass is 9.95. The van der Waals surface area contributed by atoms with Crippen LogP contribution in [0.5, 0.6) is 5.75 Å². The van der Waals surface area contributed by atoms with Crippen LogP contribution < -0.4 is 4.74 Å². The maximum Gasteiger partial charge on any atom is 0.130 e. The first kappa shape index (κ1) is 13.9. The number of hydrogen-bond acceptors (Lipinski definition) is 2. The zero-order chi connectivity index (χ0) is 14.3. The summed E-state index contributed by atoms with van der Waals surface area (Å²) in [5, 5.41) is 10.7. The molecule has 2 nitrogen and oxygen atoms in total. The molecule has 1 unspecified atom stereocenters. The molecule has 0 fully saturated rings. The fourth-order valence-electron chi connectivity index (χ4n) is 2.37. The molecular weight excluding hydrogens is 347 g/mol. The van der Waals surface area contributed by atoms with E-state index in [1.54, 1.807) is 6.07 Å². The van der Waals surface area contributed by atoms with Crippen molar-refractivity contribution in [3.8, 4) is 5.75 Å². The third kappa shape index (κ3) is 2.55. The smallest absolute Gasteiger partial charge is 0.130 e. The van der Waals surface area contributed by atoms with Crippen molar-refractivity contribution in [1.82, 2.24) is 0 Å². The predicted octanol–water partition coefficient (Wildman–Crippen LogP) is 4.80. The number of aliphatic hydroxyl groups is 1. The molecule has 0 saturated heterocycles. The molecule has 1 heterocycles. The first-order valence-electron chi connectivity index (χ1n) is 6.13. The Morgan fingerprint density at radius 3 is 2.80 bits per heavy atom. The monoisotopic (exact) mass is 356 g/mol. The highest BCUT2D eigenvalue weighted by atomic mass is 79.9. The fourth-order valence-corrected chi connectivity index (χ4v) is 2.93. The molecule has 1 aliphatic rings. The number of rotatable bonds is 1. The van der Waals surface area contributed by atoms with Crippen LogP contribution in [-0.4, -0.2) is 5.11 Å². The number of ether oxygens (including phenoxy) is 1. The van der Waals surface area contributed by atoms with E-state index in [-0.39, 0.29) is 5.82 Å². The molecule has 20 heavy (non-hydrogen) atoms. The molecule has 3 rings (SSSR count). The Balaban J connectivity index is 1.99. The standard InChI is InChI=1S/C15H11BrClFO2/c16-8-1-4-14-11(5-8)13(19)7-15(20-14)10-6-9(17)2-3-12(10)18/h1-6,13,15,19H,7H2/t13-,15?/m1/s1. The Morgan fingerprint density at radius 2 is 2.00 bits per heavy atom. The molecule has 0 spiro atoms. The van der Waals surface area contributed by atoms with E-state index in [9.17, 15) is 9.50 Å². The lowest BCUT2D eigenvalue weighted by Gasteiger charge is -2.30. The van der Waals surface area contributed by atoms with Crippen molar-refractivity contribution in [1.29, 1.82) is 0 Å². The first-order chi connectivity index (χ1) is 9.54. The third-order valence-corrected chi connectivity index (χ3v) is 4.07. The molecule has 1 N–H and O–H groups in total. The Labute approximate surface area is 129 Å². The molecule has 2 aromatic carbocycles. The van der Waals surface area contributed by atoms with Gasteiger partial charge < -0.3 is 9.84 Å². The van der Waals surface area contributed by atoms with Crippen LogP contribution in [0.1, 0.15) is 29.8 Å². The van der Waals surface area contributed by atoms with Crippen LogP contribution in [0.3, 0.4) is 0 Å². The highest BCUT2D eigenvalue weighted by Crippen LogP contribution is 2.42. The highest BCUT2D eigenvalue weighted by molar-refractivity contribution is 9.10. The van der Waals surface area contributed by atoms with Crippen molar-refractivity contribution in [3.05, 3.63) is 62.8 Å². The van der Waals surface area contributed by atoms with Crippen molar-refractivity contribution < 1.29 is 14.2 Å². The maximum absolute atomic E-state index is 13.9. The van der Waals surface area contributed by atoms with Gasteiger partial charge in [-0.05, 0) is 36.4 Å². The van der Waals surface area contributed by atoms with Crippen molar-refractivity contribution in [3.63, 3.8) is 0 Å². The SMILES string of the molecule is O[C@@H]1CC(c2cc(Cl)ccc2F)Oc2ccc(Br)cc21. The van der Waals surface area contributed by atoms with E-state index in [4.69, 9.17) is 16.3 Å². The van der Waals surface area contributed by atoms with Gasteiger partial charge in [-0.15, -0.1) is 0 Å². The van der Waals surface area contributed by atoms with Gasteiger partial charge in [-0.25, -0.2) is 4.39 Å². The van der Waals surface area contributed by atoms with Gasteiger partial charge in [0.2, 0.25) is 0 Å². The molecule has 104 valence electrons. The van der Waals surface area contributed by atoms with Gasteiger partial charge >= 0.3 is 0 Å². The van der Waals surface area contributed by atoms with Crippen molar-refractivity contribution in [2.75, 3.05) is 0 Å². The minimum Gasteiger partial charge on any atom is -0.485 e. The van der Waals surface area contributed by atoms with Gasteiger partial charge in [-0.3, -0.25) is 0 Å². The van der Waals surface area contributed by atoms with Gasteiger partial charge in [0.15, 0.2) is 0 Å². The molecule has 0 aromatic heterocycles. The second-order valence-corrected chi connectivity index (χ2v) is 6.06. The number of fused-ring (bicyclic) bond motifs is 1. The van der Waals surface area contributed by atoms with E-state index in [0.717, 1.165) is 4.47 Å². The Kier molecular flexibility index (Phi) is 3.71. The van der Waals surface area contributed by atoms with Gasteiger partial charge in [0.1, 0.15) is 17.7 Å². The summed E-state index contributed by atoms with van der Waals surface area (Å²) < 4.78 is 20.6. The molecule has 0 saturated carbocycles. The lowest BCUT2D eigenvalue weighted by Crippen LogP contribution is -2.20. The molecule has 1 aliphatic heterocycles. The second-order valence-electron chi connectivity index (χ2n) is 4.71. The van der Waals surface area contributed by atoms with E-state index in [1.807, 2.05) is 12.1 Å². The molecular formula is C15H11BrClFO2. The van der Waals surface area contributed by atoms with Crippen molar-refractivity contribution in [2.45, 2.75) is 18.6 Å². The van der Waals surface area contributed by atoms with E-state index in [2.05, 4.69) is 15.9 Å². The molecule has 0 amide bonds. The second kappa shape index (κ2) is 5.35. The van der Waals surface area contributed by atoms with Crippen LogP contribution in [0.25, 0.3) is 0 Å². The van der Waals surface area contributed by atoms with E-state index in [0.29, 0.717) is 28.3 Å².